The van der Waals surface area contributed by atoms with E-state index in [1.54, 1.807) is 0 Å². The summed E-state index contributed by atoms with van der Waals surface area (Å²) in [5.74, 6) is 2.78. The molecule has 2 aromatic carbocycles. The lowest BCUT2D eigenvalue weighted by Crippen LogP contribution is -1.96. The second-order valence-electron chi connectivity index (χ2n) is 5.25. The highest BCUT2D eigenvalue weighted by Gasteiger charge is 2.13. The van der Waals surface area contributed by atoms with Crippen LogP contribution in [0.3, 0.4) is 0 Å². The number of rotatable bonds is 2. The third-order valence-electron chi connectivity index (χ3n) is 4.03. The van der Waals surface area contributed by atoms with Crippen molar-refractivity contribution < 1.29 is 0 Å². The molecular weight excluding hydrogens is 268 g/mol. The maximum Gasteiger partial charge on any atom is 0.0841 e. The molecule has 0 aliphatic heterocycles. The van der Waals surface area contributed by atoms with Crippen LogP contribution in [0.4, 0.5) is 0 Å². The first kappa shape index (κ1) is 12.7. The zero-order valence-corrected chi connectivity index (χ0v) is 12.0. The fourth-order valence-corrected chi connectivity index (χ4v) is 3.13. The van der Waals surface area contributed by atoms with E-state index in [2.05, 4.69) is 57.9 Å². The molecule has 104 valence electrons. The van der Waals surface area contributed by atoms with E-state index in [1.165, 1.54) is 27.4 Å². The molecule has 0 saturated heterocycles. The Labute approximate surface area is 129 Å². The highest BCUT2D eigenvalue weighted by molar-refractivity contribution is 6.12. The van der Waals surface area contributed by atoms with Gasteiger partial charge in [0.15, 0.2) is 0 Å². The van der Waals surface area contributed by atoms with Gasteiger partial charge in [-0.1, -0.05) is 42.3 Å². The van der Waals surface area contributed by atoms with Gasteiger partial charge < -0.3 is 4.57 Å². The maximum absolute atomic E-state index is 5.61. The zero-order chi connectivity index (χ0) is 14.9. The summed E-state index contributed by atoms with van der Waals surface area (Å²) in [6.45, 7) is 0.562. The highest BCUT2D eigenvalue weighted by atomic mass is 15.0. The second-order valence-corrected chi connectivity index (χ2v) is 5.25. The van der Waals surface area contributed by atoms with Crippen LogP contribution in [0, 0.1) is 12.3 Å². The van der Waals surface area contributed by atoms with E-state index in [0.29, 0.717) is 6.54 Å². The largest absolute Gasteiger partial charge is 0.328 e. The van der Waals surface area contributed by atoms with Gasteiger partial charge in [-0.25, -0.2) is 0 Å². The van der Waals surface area contributed by atoms with Crippen molar-refractivity contribution in [2.24, 2.45) is 0 Å². The van der Waals surface area contributed by atoms with Crippen molar-refractivity contribution in [1.82, 2.24) is 9.55 Å². The van der Waals surface area contributed by atoms with Crippen molar-refractivity contribution >= 4 is 21.8 Å². The first-order chi connectivity index (χ1) is 10.9. The van der Waals surface area contributed by atoms with E-state index >= 15 is 0 Å². The molecule has 2 aromatic heterocycles. The molecule has 0 aliphatic carbocycles. The van der Waals surface area contributed by atoms with Crippen LogP contribution < -0.4 is 0 Å². The molecule has 2 heterocycles. The second kappa shape index (κ2) is 5.05. The van der Waals surface area contributed by atoms with Gasteiger partial charge in [-0.15, -0.1) is 6.42 Å². The quantitative estimate of drug-likeness (QED) is 0.495. The van der Waals surface area contributed by atoms with Gasteiger partial charge >= 0.3 is 0 Å². The molecule has 0 atom stereocenters. The summed E-state index contributed by atoms with van der Waals surface area (Å²) >= 11 is 0. The van der Waals surface area contributed by atoms with E-state index in [1.807, 2.05) is 24.5 Å². The Balaban J connectivity index is 2.18. The van der Waals surface area contributed by atoms with Crippen LogP contribution >= 0.6 is 0 Å². The average molecular weight is 282 g/mol. The van der Waals surface area contributed by atoms with Gasteiger partial charge in [0.1, 0.15) is 0 Å². The van der Waals surface area contributed by atoms with Gasteiger partial charge in [0.25, 0.3) is 0 Å². The van der Waals surface area contributed by atoms with E-state index in [0.717, 1.165) is 5.56 Å². The number of fused-ring (bicyclic) bond motifs is 3. The van der Waals surface area contributed by atoms with Crippen LogP contribution in [0.15, 0.2) is 67.0 Å². The first-order valence-electron chi connectivity index (χ1n) is 7.24. The van der Waals surface area contributed by atoms with Gasteiger partial charge in [-0.3, -0.25) is 4.98 Å². The standard InChI is InChI=1S/C20H14N2/c1-2-14-22-19-9-4-3-6-17(19)18-8-5-7-16(20(18)22)15-10-12-21-13-11-15/h1,3-13H,14H2. The van der Waals surface area contributed by atoms with Gasteiger partial charge in [-0.2, -0.15) is 0 Å². The van der Waals surface area contributed by atoms with Crippen LogP contribution in [0.5, 0.6) is 0 Å². The molecule has 0 saturated carbocycles. The number of benzene rings is 2. The molecule has 0 amide bonds. The predicted octanol–water partition coefficient (Wildman–Crippen LogP) is 4.49. The molecule has 0 aliphatic rings. The molecule has 4 rings (SSSR count). The summed E-state index contributed by atoms with van der Waals surface area (Å²) in [5, 5.41) is 2.48. The Hall–Kier alpha value is -3.05. The molecule has 2 heteroatoms. The van der Waals surface area contributed by atoms with E-state index in [9.17, 15) is 0 Å². The van der Waals surface area contributed by atoms with Crippen molar-refractivity contribution in [3.05, 3.63) is 67.0 Å². The van der Waals surface area contributed by atoms with Crippen LogP contribution in [0.25, 0.3) is 32.9 Å². The van der Waals surface area contributed by atoms with Crippen molar-refractivity contribution in [3.63, 3.8) is 0 Å². The van der Waals surface area contributed by atoms with Crippen molar-refractivity contribution in [3.8, 4) is 23.5 Å². The van der Waals surface area contributed by atoms with Gasteiger partial charge in [-0.05, 0) is 23.8 Å². The molecule has 0 bridgehead atoms. The number of nitrogens with zero attached hydrogens (tertiary/aromatic N) is 2. The van der Waals surface area contributed by atoms with Crippen LogP contribution in [0.1, 0.15) is 0 Å². The van der Waals surface area contributed by atoms with Crippen molar-refractivity contribution in [2.75, 3.05) is 0 Å². The molecule has 0 spiro atoms. The monoisotopic (exact) mass is 282 g/mol. The highest BCUT2D eigenvalue weighted by Crippen LogP contribution is 2.35. The maximum atomic E-state index is 5.61. The smallest absolute Gasteiger partial charge is 0.0841 e. The Kier molecular flexibility index (Phi) is 2.91. The van der Waals surface area contributed by atoms with E-state index in [4.69, 9.17) is 6.42 Å². The fourth-order valence-electron chi connectivity index (χ4n) is 3.13. The van der Waals surface area contributed by atoms with E-state index < -0.39 is 0 Å². The summed E-state index contributed by atoms with van der Waals surface area (Å²) in [4.78, 5) is 4.11. The SMILES string of the molecule is C#CCn1c2ccccc2c2cccc(-c3ccncc3)c21. The third-order valence-corrected chi connectivity index (χ3v) is 4.03. The molecular formula is C20H14N2. The van der Waals surface area contributed by atoms with Crippen molar-refractivity contribution in [2.45, 2.75) is 6.54 Å². The van der Waals surface area contributed by atoms with Crippen molar-refractivity contribution in [1.29, 1.82) is 0 Å². The number of hydrogen-bond donors (Lipinski definition) is 0. The third kappa shape index (κ3) is 1.80. The minimum absolute atomic E-state index is 0.562. The number of para-hydroxylation sites is 2. The normalized spacial score (nSPS) is 10.9. The first-order valence-corrected chi connectivity index (χ1v) is 7.24. The number of terminal acetylenes is 1. The summed E-state index contributed by atoms with van der Waals surface area (Å²) in [6.07, 6.45) is 9.25. The number of hydrogen-bond acceptors (Lipinski definition) is 1. The Morgan fingerprint density at radius 1 is 0.909 bits per heavy atom. The molecule has 0 unspecified atom stereocenters. The predicted molar refractivity (Wildman–Crippen MR) is 91.5 cm³/mol. The van der Waals surface area contributed by atoms with Gasteiger partial charge in [0.2, 0.25) is 0 Å². The average Bonchev–Trinajstić information content (AvgIpc) is 2.91. The molecule has 4 aromatic rings. The van der Waals surface area contributed by atoms with E-state index in [-0.39, 0.29) is 0 Å². The summed E-state index contributed by atoms with van der Waals surface area (Å²) in [5.41, 5.74) is 4.71. The molecule has 0 N–H and O–H groups in total. The fraction of sp³-hybridized carbons (Fsp3) is 0.0500. The lowest BCUT2D eigenvalue weighted by atomic mass is 10.0. The van der Waals surface area contributed by atoms with Crippen LogP contribution in [0.2, 0.25) is 0 Å². The molecule has 22 heavy (non-hydrogen) atoms. The van der Waals surface area contributed by atoms with Crippen LogP contribution in [-0.4, -0.2) is 9.55 Å². The number of pyridine rings is 1. The zero-order valence-electron chi connectivity index (χ0n) is 12.0. The molecule has 0 fully saturated rings. The summed E-state index contributed by atoms with van der Waals surface area (Å²) in [6, 6.07) is 18.9. The molecule has 2 nitrogen and oxygen atoms in total. The van der Waals surface area contributed by atoms with Gasteiger partial charge in [0.05, 0.1) is 12.1 Å². The number of aromatic nitrogens is 2. The topological polar surface area (TPSA) is 17.8 Å². The van der Waals surface area contributed by atoms with Crippen LogP contribution in [-0.2, 0) is 6.54 Å². The lowest BCUT2D eigenvalue weighted by molar-refractivity contribution is 0.925. The summed E-state index contributed by atoms with van der Waals surface area (Å²) in [7, 11) is 0. The van der Waals surface area contributed by atoms with Gasteiger partial charge in [0, 0.05) is 34.2 Å². The minimum atomic E-state index is 0.562. The minimum Gasteiger partial charge on any atom is -0.328 e. The summed E-state index contributed by atoms with van der Waals surface area (Å²) < 4.78 is 2.22. The lowest BCUT2D eigenvalue weighted by Gasteiger charge is -2.08. The molecule has 0 radical (unpaired) electrons. The Morgan fingerprint density at radius 2 is 1.68 bits per heavy atom. The Morgan fingerprint density at radius 3 is 2.50 bits per heavy atom. The Bertz CT molecular complexity index is 1000.